The van der Waals surface area contributed by atoms with Crippen molar-refractivity contribution in [1.82, 2.24) is 10.3 Å². The molecule has 0 saturated heterocycles. The molecule has 0 bridgehead atoms. The first-order valence-electron chi connectivity index (χ1n) is 9.07. The fraction of sp³-hybridized carbons (Fsp3) is 0.273. The Morgan fingerprint density at radius 1 is 1.07 bits per heavy atom. The number of benzene rings is 2. The molecular formula is C22H23FN2O2. The number of pyridine rings is 1. The molecule has 1 amide bonds. The molecule has 2 aromatic carbocycles. The van der Waals surface area contributed by atoms with Crippen LogP contribution < -0.4 is 10.9 Å². The number of halogens is 1. The molecular weight excluding hydrogens is 343 g/mol. The van der Waals surface area contributed by atoms with Crippen molar-refractivity contribution in [2.24, 2.45) is 0 Å². The number of amides is 1. The molecule has 0 fully saturated rings. The molecule has 0 saturated carbocycles. The zero-order chi connectivity index (χ0) is 19.4. The molecule has 0 unspecified atom stereocenters. The van der Waals surface area contributed by atoms with Crippen LogP contribution >= 0.6 is 0 Å². The summed E-state index contributed by atoms with van der Waals surface area (Å²) in [6.45, 7) is 4.38. The average molecular weight is 366 g/mol. The largest absolute Gasteiger partial charge is 0.356 e. The number of nitrogens with one attached hydrogen (secondary N) is 2. The number of carbonyl (C=O) groups is 1. The topological polar surface area (TPSA) is 62.0 Å². The number of aryl methyl sites for hydroxylation is 3. The van der Waals surface area contributed by atoms with Crippen molar-refractivity contribution in [1.29, 1.82) is 0 Å². The van der Waals surface area contributed by atoms with Crippen molar-refractivity contribution in [2.45, 2.75) is 33.1 Å². The first-order chi connectivity index (χ1) is 12.9. The lowest BCUT2D eigenvalue weighted by Gasteiger charge is -2.08. The standard InChI is InChI=1S/C22H23FN2O2/c1-14-11-15(2)18-13-17(22(27)25-20(18)12-14)9-10-24-21(26)8-7-16-5-3-4-6-19(16)23/h3-6,11-13H,7-10H2,1-2H3,(H,24,26)(H,25,27). The van der Waals surface area contributed by atoms with Crippen molar-refractivity contribution in [3.8, 4) is 0 Å². The summed E-state index contributed by atoms with van der Waals surface area (Å²) in [4.78, 5) is 27.2. The third-order valence-electron chi connectivity index (χ3n) is 4.69. The Hall–Kier alpha value is -2.95. The van der Waals surface area contributed by atoms with Gasteiger partial charge in [0.2, 0.25) is 5.91 Å². The molecule has 0 aliphatic carbocycles. The molecule has 0 spiro atoms. The fourth-order valence-electron chi connectivity index (χ4n) is 3.28. The molecule has 3 aromatic rings. The molecule has 0 radical (unpaired) electrons. The summed E-state index contributed by atoms with van der Waals surface area (Å²) < 4.78 is 13.6. The minimum atomic E-state index is -0.293. The maximum absolute atomic E-state index is 13.6. The van der Waals surface area contributed by atoms with Gasteiger partial charge in [-0.3, -0.25) is 9.59 Å². The van der Waals surface area contributed by atoms with Crippen LogP contribution in [0.5, 0.6) is 0 Å². The lowest BCUT2D eigenvalue weighted by Crippen LogP contribution is -2.27. The summed E-state index contributed by atoms with van der Waals surface area (Å²) >= 11 is 0. The Labute approximate surface area is 157 Å². The summed E-state index contributed by atoms with van der Waals surface area (Å²) in [7, 11) is 0. The Morgan fingerprint density at radius 2 is 1.85 bits per heavy atom. The van der Waals surface area contributed by atoms with Crippen LogP contribution in [0.1, 0.15) is 28.7 Å². The predicted molar refractivity (Wildman–Crippen MR) is 105 cm³/mol. The van der Waals surface area contributed by atoms with Crippen LogP contribution in [0.4, 0.5) is 4.39 Å². The number of H-pyrrole nitrogens is 1. The second kappa shape index (κ2) is 8.16. The third kappa shape index (κ3) is 4.61. The van der Waals surface area contributed by atoms with E-state index in [0.29, 0.717) is 30.5 Å². The highest BCUT2D eigenvalue weighted by atomic mass is 19.1. The highest BCUT2D eigenvalue weighted by molar-refractivity contribution is 5.83. The van der Waals surface area contributed by atoms with E-state index >= 15 is 0 Å². The molecule has 2 N–H and O–H groups in total. The number of rotatable bonds is 6. The molecule has 1 heterocycles. The van der Waals surface area contributed by atoms with Crippen molar-refractivity contribution in [3.63, 3.8) is 0 Å². The van der Waals surface area contributed by atoms with Gasteiger partial charge in [0.25, 0.3) is 5.56 Å². The monoisotopic (exact) mass is 366 g/mol. The van der Waals surface area contributed by atoms with E-state index in [9.17, 15) is 14.0 Å². The van der Waals surface area contributed by atoms with Crippen LogP contribution in [0.25, 0.3) is 10.9 Å². The maximum atomic E-state index is 13.6. The van der Waals surface area contributed by atoms with Crippen LogP contribution in [0.15, 0.2) is 47.3 Å². The van der Waals surface area contributed by atoms with E-state index in [0.717, 1.165) is 22.0 Å². The lowest BCUT2D eigenvalue weighted by molar-refractivity contribution is -0.121. The number of carbonyl (C=O) groups excluding carboxylic acids is 1. The number of aromatic nitrogens is 1. The first-order valence-corrected chi connectivity index (χ1v) is 9.07. The van der Waals surface area contributed by atoms with Gasteiger partial charge in [-0.05, 0) is 61.6 Å². The van der Waals surface area contributed by atoms with E-state index in [1.807, 2.05) is 26.0 Å². The fourth-order valence-corrected chi connectivity index (χ4v) is 3.28. The zero-order valence-electron chi connectivity index (χ0n) is 15.6. The molecule has 140 valence electrons. The number of hydrogen-bond donors (Lipinski definition) is 2. The number of aromatic amines is 1. The molecule has 3 rings (SSSR count). The van der Waals surface area contributed by atoms with E-state index in [1.165, 1.54) is 6.07 Å². The summed E-state index contributed by atoms with van der Waals surface area (Å²) in [6.07, 6.45) is 1.02. The van der Waals surface area contributed by atoms with Gasteiger partial charge in [0.15, 0.2) is 0 Å². The molecule has 0 atom stereocenters. The second-order valence-corrected chi connectivity index (χ2v) is 6.86. The van der Waals surface area contributed by atoms with Gasteiger partial charge in [-0.15, -0.1) is 0 Å². The highest BCUT2D eigenvalue weighted by Gasteiger charge is 2.08. The van der Waals surface area contributed by atoms with Crippen molar-refractivity contribution in [2.75, 3.05) is 6.54 Å². The Balaban J connectivity index is 1.58. The van der Waals surface area contributed by atoms with E-state index in [1.54, 1.807) is 18.2 Å². The van der Waals surface area contributed by atoms with Crippen molar-refractivity contribution >= 4 is 16.8 Å². The van der Waals surface area contributed by atoms with Gasteiger partial charge in [-0.25, -0.2) is 4.39 Å². The Morgan fingerprint density at radius 3 is 2.63 bits per heavy atom. The normalized spacial score (nSPS) is 10.9. The van der Waals surface area contributed by atoms with Crippen LogP contribution in [-0.2, 0) is 17.6 Å². The van der Waals surface area contributed by atoms with Gasteiger partial charge in [0.05, 0.1) is 0 Å². The first kappa shape index (κ1) is 18.8. The van der Waals surface area contributed by atoms with Crippen LogP contribution in [0.2, 0.25) is 0 Å². The van der Waals surface area contributed by atoms with Gasteiger partial charge in [0.1, 0.15) is 5.82 Å². The summed E-state index contributed by atoms with van der Waals surface area (Å²) in [6, 6.07) is 12.4. The molecule has 5 heteroatoms. The van der Waals surface area contributed by atoms with E-state index in [2.05, 4.69) is 16.4 Å². The minimum absolute atomic E-state index is 0.131. The SMILES string of the molecule is Cc1cc(C)c2cc(CCNC(=O)CCc3ccccc3F)c(=O)[nH]c2c1. The minimum Gasteiger partial charge on any atom is -0.356 e. The van der Waals surface area contributed by atoms with Crippen LogP contribution in [0, 0.1) is 19.7 Å². The predicted octanol–water partition coefficient (Wildman–Crippen LogP) is 3.58. The van der Waals surface area contributed by atoms with Crippen molar-refractivity contribution in [3.05, 3.63) is 80.9 Å². The lowest BCUT2D eigenvalue weighted by atomic mass is 10.0. The molecule has 0 aliphatic rings. The van der Waals surface area contributed by atoms with E-state index < -0.39 is 0 Å². The van der Waals surface area contributed by atoms with Crippen LogP contribution in [0.3, 0.4) is 0 Å². The van der Waals surface area contributed by atoms with Gasteiger partial charge < -0.3 is 10.3 Å². The average Bonchev–Trinajstić information content (AvgIpc) is 2.62. The molecule has 4 nitrogen and oxygen atoms in total. The molecule has 27 heavy (non-hydrogen) atoms. The van der Waals surface area contributed by atoms with E-state index in [4.69, 9.17) is 0 Å². The second-order valence-electron chi connectivity index (χ2n) is 6.86. The van der Waals surface area contributed by atoms with Crippen molar-refractivity contribution < 1.29 is 9.18 Å². The molecule has 1 aromatic heterocycles. The molecule has 0 aliphatic heterocycles. The van der Waals surface area contributed by atoms with E-state index in [-0.39, 0.29) is 23.7 Å². The Kier molecular flexibility index (Phi) is 5.69. The zero-order valence-corrected chi connectivity index (χ0v) is 15.6. The summed E-state index contributed by atoms with van der Waals surface area (Å²) in [5.41, 5.74) is 4.08. The highest BCUT2D eigenvalue weighted by Crippen LogP contribution is 2.18. The summed E-state index contributed by atoms with van der Waals surface area (Å²) in [5, 5.41) is 3.82. The number of hydrogen-bond acceptors (Lipinski definition) is 2. The third-order valence-corrected chi connectivity index (χ3v) is 4.69. The summed E-state index contributed by atoms with van der Waals surface area (Å²) in [5.74, 6) is -0.444. The smallest absolute Gasteiger partial charge is 0.251 e. The van der Waals surface area contributed by atoms with Gasteiger partial charge in [-0.1, -0.05) is 24.3 Å². The van der Waals surface area contributed by atoms with Crippen LogP contribution in [-0.4, -0.2) is 17.4 Å². The number of fused-ring (bicyclic) bond motifs is 1. The maximum Gasteiger partial charge on any atom is 0.251 e. The van der Waals surface area contributed by atoms with Gasteiger partial charge in [-0.2, -0.15) is 0 Å². The quantitative estimate of drug-likeness (QED) is 0.700. The van der Waals surface area contributed by atoms with Gasteiger partial charge >= 0.3 is 0 Å². The Bertz CT molecular complexity index is 1040. The van der Waals surface area contributed by atoms with Gasteiger partial charge in [0, 0.05) is 29.4 Å².